The van der Waals surface area contributed by atoms with Crippen molar-refractivity contribution in [2.45, 2.75) is 174 Å². The van der Waals surface area contributed by atoms with E-state index in [4.69, 9.17) is 4.74 Å². The van der Waals surface area contributed by atoms with Gasteiger partial charge in [-0.2, -0.15) is 4.91 Å². The number of allylic oxidation sites excluding steroid dienone is 8. The monoisotopic (exact) mass is 629 g/mol. The largest absolute Gasteiger partial charge is 0.464 e. The highest BCUT2D eigenvalue weighted by molar-refractivity contribution is 5.84. The van der Waals surface area contributed by atoms with E-state index in [1.54, 1.807) is 0 Å². The third kappa shape index (κ3) is 32.7. The molecule has 0 bridgehead atoms. The molecule has 0 aliphatic rings. The van der Waals surface area contributed by atoms with Crippen molar-refractivity contribution in [2.75, 3.05) is 13.2 Å². The first-order valence-corrected chi connectivity index (χ1v) is 18.5. The summed E-state index contributed by atoms with van der Waals surface area (Å²) in [6, 6.07) is -0.988. The number of rotatable bonds is 33. The first-order chi connectivity index (χ1) is 22.2. The lowest BCUT2D eigenvalue weighted by atomic mass is 10.1. The standard InChI is InChI=1S/C39H68N2O4/c1-3-5-7-9-11-13-15-17-19-21-23-25-27-29-31-33-35-45-39(43)37(36-40-44)41-38(42)34-32-30-28-26-24-22-20-18-16-14-12-10-8-6-4-2/h11-14,17-20,37H,3-10,15-16,21-36H2,1-2H3,(H,41,42)/b13-11-,14-12-,19-17-,20-18-. The Balaban J connectivity index is 3.75. The summed E-state index contributed by atoms with van der Waals surface area (Å²) in [6.45, 7) is 4.48. The number of nitrogens with zero attached hydrogens (tertiary/aromatic N) is 1. The van der Waals surface area contributed by atoms with E-state index in [0.717, 1.165) is 77.0 Å². The summed E-state index contributed by atoms with van der Waals surface area (Å²) in [5.41, 5.74) is 0. The van der Waals surface area contributed by atoms with Crippen LogP contribution in [-0.2, 0) is 14.3 Å². The molecule has 1 unspecified atom stereocenters. The molecule has 6 nitrogen and oxygen atoms in total. The summed E-state index contributed by atoms with van der Waals surface area (Å²) in [6.07, 6.45) is 44.6. The molecular formula is C39H68N2O4. The van der Waals surface area contributed by atoms with Gasteiger partial charge in [0, 0.05) is 6.42 Å². The van der Waals surface area contributed by atoms with Gasteiger partial charge in [-0.1, -0.05) is 138 Å². The third-order valence-electron chi connectivity index (χ3n) is 7.82. The van der Waals surface area contributed by atoms with E-state index < -0.39 is 12.0 Å². The molecule has 0 aromatic rings. The van der Waals surface area contributed by atoms with Crippen molar-refractivity contribution in [2.24, 2.45) is 5.18 Å². The van der Waals surface area contributed by atoms with Gasteiger partial charge in [0.2, 0.25) is 5.91 Å². The SMILES string of the molecule is CCCCC/C=C\C/C=C\CCCCCCCCOC(=O)C(CN=O)NC(=O)CCCCCCC/C=C\C/C=C\CCCCC. The zero-order chi connectivity index (χ0) is 32.9. The molecule has 0 saturated carbocycles. The van der Waals surface area contributed by atoms with Gasteiger partial charge in [0.15, 0.2) is 0 Å². The lowest BCUT2D eigenvalue weighted by molar-refractivity contribution is -0.147. The molecule has 0 aliphatic carbocycles. The molecule has 0 saturated heterocycles. The van der Waals surface area contributed by atoms with Crippen molar-refractivity contribution in [3.63, 3.8) is 0 Å². The summed E-state index contributed by atoms with van der Waals surface area (Å²) < 4.78 is 5.33. The predicted molar refractivity (Wildman–Crippen MR) is 192 cm³/mol. The highest BCUT2D eigenvalue weighted by Gasteiger charge is 2.22. The van der Waals surface area contributed by atoms with Gasteiger partial charge in [0.25, 0.3) is 0 Å². The normalized spacial score (nSPS) is 12.6. The molecule has 6 heteroatoms. The number of carbonyl (C=O) groups excluding carboxylic acids is 2. The molecule has 1 N–H and O–H groups in total. The Morgan fingerprint density at radius 3 is 1.47 bits per heavy atom. The van der Waals surface area contributed by atoms with Crippen molar-refractivity contribution >= 4 is 11.9 Å². The molecule has 1 amide bonds. The van der Waals surface area contributed by atoms with Crippen molar-refractivity contribution < 1.29 is 14.3 Å². The topological polar surface area (TPSA) is 84.8 Å². The minimum Gasteiger partial charge on any atom is -0.464 e. The number of carbonyl (C=O) groups is 2. The number of ether oxygens (including phenoxy) is 1. The van der Waals surface area contributed by atoms with Gasteiger partial charge in [0.05, 0.1) is 6.61 Å². The number of esters is 1. The second-order valence-electron chi connectivity index (χ2n) is 12.2. The van der Waals surface area contributed by atoms with Crippen LogP contribution in [0.2, 0.25) is 0 Å². The number of amides is 1. The molecule has 258 valence electrons. The van der Waals surface area contributed by atoms with Crippen LogP contribution >= 0.6 is 0 Å². The second kappa shape index (κ2) is 36.0. The number of hydrogen-bond donors (Lipinski definition) is 1. The van der Waals surface area contributed by atoms with Crippen LogP contribution in [-0.4, -0.2) is 31.1 Å². The quantitative estimate of drug-likeness (QED) is 0.0339. The van der Waals surface area contributed by atoms with Crippen LogP contribution in [0, 0.1) is 4.91 Å². The Bertz CT molecular complexity index is 803. The molecule has 0 rings (SSSR count). The van der Waals surface area contributed by atoms with E-state index in [1.165, 1.54) is 70.6 Å². The average Bonchev–Trinajstić information content (AvgIpc) is 3.04. The maximum Gasteiger partial charge on any atom is 0.330 e. The van der Waals surface area contributed by atoms with E-state index in [0.29, 0.717) is 13.0 Å². The van der Waals surface area contributed by atoms with Crippen LogP contribution in [0.4, 0.5) is 0 Å². The Kier molecular flexibility index (Phi) is 34.0. The fourth-order valence-electron chi connectivity index (χ4n) is 4.98. The highest BCUT2D eigenvalue weighted by atomic mass is 16.5. The Hall–Kier alpha value is -2.50. The van der Waals surface area contributed by atoms with E-state index in [1.807, 2.05) is 0 Å². The van der Waals surface area contributed by atoms with Crippen LogP contribution in [0.15, 0.2) is 53.8 Å². The lowest BCUT2D eigenvalue weighted by Crippen LogP contribution is -2.43. The number of unbranched alkanes of at least 4 members (excludes halogenated alkanes) is 17. The lowest BCUT2D eigenvalue weighted by Gasteiger charge is -2.15. The summed E-state index contributed by atoms with van der Waals surface area (Å²) in [7, 11) is 0. The van der Waals surface area contributed by atoms with Gasteiger partial charge in [-0.25, -0.2) is 4.79 Å². The van der Waals surface area contributed by atoms with Gasteiger partial charge in [-0.05, 0) is 77.0 Å². The number of nitroso groups, excluding NO2 is 1. The fraction of sp³-hybridized carbons (Fsp3) is 0.744. The molecule has 0 fully saturated rings. The molecule has 0 aliphatic heterocycles. The Morgan fingerprint density at radius 2 is 1.00 bits per heavy atom. The third-order valence-corrected chi connectivity index (χ3v) is 7.82. The van der Waals surface area contributed by atoms with Crippen molar-refractivity contribution in [1.29, 1.82) is 0 Å². The van der Waals surface area contributed by atoms with Crippen molar-refractivity contribution in [1.82, 2.24) is 5.32 Å². The molecule has 0 heterocycles. The van der Waals surface area contributed by atoms with Crippen LogP contribution in [0.5, 0.6) is 0 Å². The van der Waals surface area contributed by atoms with Crippen LogP contribution < -0.4 is 5.32 Å². The van der Waals surface area contributed by atoms with Gasteiger partial charge in [-0.15, -0.1) is 0 Å². The smallest absolute Gasteiger partial charge is 0.330 e. The first-order valence-electron chi connectivity index (χ1n) is 18.5. The van der Waals surface area contributed by atoms with Crippen LogP contribution in [0.1, 0.15) is 168 Å². The number of hydrogen-bond acceptors (Lipinski definition) is 5. The molecule has 45 heavy (non-hydrogen) atoms. The van der Waals surface area contributed by atoms with Crippen LogP contribution in [0.25, 0.3) is 0 Å². The molecule has 0 aromatic heterocycles. The summed E-state index contributed by atoms with van der Waals surface area (Å²) >= 11 is 0. The molecule has 1 atom stereocenters. The van der Waals surface area contributed by atoms with Gasteiger partial charge >= 0.3 is 5.97 Å². The van der Waals surface area contributed by atoms with E-state index in [9.17, 15) is 14.5 Å². The molecular weight excluding hydrogens is 560 g/mol. The van der Waals surface area contributed by atoms with Crippen molar-refractivity contribution in [3.8, 4) is 0 Å². The van der Waals surface area contributed by atoms with Gasteiger partial charge in [-0.3, -0.25) is 4.79 Å². The predicted octanol–water partition coefficient (Wildman–Crippen LogP) is 11.4. The summed E-state index contributed by atoms with van der Waals surface area (Å²) in [5, 5.41) is 5.47. The summed E-state index contributed by atoms with van der Waals surface area (Å²) in [4.78, 5) is 35.5. The van der Waals surface area contributed by atoms with Crippen molar-refractivity contribution in [3.05, 3.63) is 53.5 Å². The van der Waals surface area contributed by atoms with Crippen LogP contribution in [0.3, 0.4) is 0 Å². The Morgan fingerprint density at radius 1 is 0.578 bits per heavy atom. The average molecular weight is 629 g/mol. The zero-order valence-corrected chi connectivity index (χ0v) is 29.2. The van der Waals surface area contributed by atoms with Gasteiger partial charge in [0.1, 0.15) is 12.6 Å². The zero-order valence-electron chi connectivity index (χ0n) is 29.2. The van der Waals surface area contributed by atoms with E-state index in [-0.39, 0.29) is 12.5 Å². The van der Waals surface area contributed by atoms with Gasteiger partial charge < -0.3 is 10.1 Å². The maximum absolute atomic E-state index is 12.4. The van der Waals surface area contributed by atoms with E-state index >= 15 is 0 Å². The molecule has 0 spiro atoms. The molecule has 0 aromatic carbocycles. The Labute approximate surface area is 277 Å². The fourth-order valence-corrected chi connectivity index (χ4v) is 4.98. The first kappa shape index (κ1) is 42.5. The number of nitrogens with one attached hydrogen (secondary N) is 1. The highest BCUT2D eigenvalue weighted by Crippen LogP contribution is 2.10. The maximum atomic E-state index is 12.4. The summed E-state index contributed by atoms with van der Waals surface area (Å²) in [5.74, 6) is -0.786. The second-order valence-corrected chi connectivity index (χ2v) is 12.2. The van der Waals surface area contributed by atoms with E-state index in [2.05, 4.69) is 72.9 Å². The minimum absolute atomic E-state index is 0.222. The minimum atomic E-state index is -0.988. The molecule has 0 radical (unpaired) electrons.